The van der Waals surface area contributed by atoms with Gasteiger partial charge in [0, 0.05) is 0 Å². The zero-order valence-corrected chi connectivity index (χ0v) is 9.92. The molecule has 1 unspecified atom stereocenters. The zero-order chi connectivity index (χ0) is 14.3. The summed E-state index contributed by atoms with van der Waals surface area (Å²) in [5.74, 6) is -3.63. The van der Waals surface area contributed by atoms with Gasteiger partial charge >= 0.3 is 5.97 Å². The number of nitrogens with zero attached hydrogens (tertiary/aromatic N) is 1. The Bertz CT molecular complexity index is 341. The minimum absolute atomic E-state index is 0.0471. The first-order valence-corrected chi connectivity index (χ1v) is 5.07. The molecule has 0 saturated heterocycles. The molecule has 0 aromatic rings. The van der Waals surface area contributed by atoms with Crippen LogP contribution in [0.4, 0.5) is 0 Å². The molecular weight excluding hydrogens is 244 g/mol. The highest BCUT2D eigenvalue weighted by atomic mass is 16.5. The highest BCUT2D eigenvalue weighted by molar-refractivity contribution is 6.03. The lowest BCUT2D eigenvalue weighted by Gasteiger charge is -2.22. The minimum atomic E-state index is -1.62. The number of nitrogens with two attached hydrogens (primary N) is 3. The maximum Gasteiger partial charge on any atom is 0.332 e. The molecule has 0 aliphatic rings. The lowest BCUT2D eigenvalue weighted by atomic mass is 10.2. The number of ether oxygens (including phenoxy) is 1. The quantitative estimate of drug-likeness (QED) is 0.321. The molecule has 0 aromatic heterocycles. The van der Waals surface area contributed by atoms with E-state index >= 15 is 0 Å². The van der Waals surface area contributed by atoms with E-state index in [-0.39, 0.29) is 6.61 Å². The maximum atomic E-state index is 11.7. The molecule has 0 aliphatic heterocycles. The number of rotatable bonds is 7. The van der Waals surface area contributed by atoms with Gasteiger partial charge in [-0.2, -0.15) is 0 Å². The van der Waals surface area contributed by atoms with Gasteiger partial charge in [-0.15, -0.1) is 0 Å². The summed E-state index contributed by atoms with van der Waals surface area (Å²) in [5.41, 5.74) is 15.1. The van der Waals surface area contributed by atoms with Crippen molar-refractivity contribution >= 4 is 23.7 Å². The number of hydrogen-bond acceptors (Lipinski definition) is 6. The van der Waals surface area contributed by atoms with E-state index in [0.29, 0.717) is 4.90 Å². The van der Waals surface area contributed by atoms with Crippen LogP contribution in [0, 0.1) is 0 Å². The first kappa shape index (κ1) is 15.8. The predicted molar refractivity (Wildman–Crippen MR) is 59.6 cm³/mol. The van der Waals surface area contributed by atoms with Crippen molar-refractivity contribution in [1.29, 1.82) is 0 Å². The number of amides is 3. The Morgan fingerprint density at radius 1 is 1.11 bits per heavy atom. The van der Waals surface area contributed by atoms with Crippen LogP contribution < -0.4 is 17.2 Å². The molecule has 0 spiro atoms. The van der Waals surface area contributed by atoms with Crippen molar-refractivity contribution in [1.82, 2.24) is 4.90 Å². The van der Waals surface area contributed by atoms with Crippen molar-refractivity contribution in [3.8, 4) is 0 Å². The van der Waals surface area contributed by atoms with E-state index in [0.717, 1.165) is 0 Å². The van der Waals surface area contributed by atoms with Crippen LogP contribution in [0.1, 0.15) is 6.92 Å². The highest BCUT2D eigenvalue weighted by Gasteiger charge is 2.29. The number of carbonyl (C=O) groups is 4. The Morgan fingerprint density at radius 2 is 1.56 bits per heavy atom. The summed E-state index contributed by atoms with van der Waals surface area (Å²) in [7, 11) is 0. The second-order valence-corrected chi connectivity index (χ2v) is 3.36. The third-order valence-electron chi connectivity index (χ3n) is 1.81. The van der Waals surface area contributed by atoms with Crippen molar-refractivity contribution in [3.05, 3.63) is 0 Å². The van der Waals surface area contributed by atoms with Gasteiger partial charge in [0.2, 0.25) is 11.8 Å². The van der Waals surface area contributed by atoms with Crippen LogP contribution in [-0.4, -0.2) is 54.3 Å². The standard InChI is InChI=1S/C9H16N4O5/c1-2-18-9(17)7(12)8(16)13(3-5(10)14)4-6(11)15/h7H,2-4,12H2,1H3,(H2,10,14)(H2,11,15). The van der Waals surface area contributed by atoms with Gasteiger partial charge < -0.3 is 26.8 Å². The first-order valence-electron chi connectivity index (χ1n) is 5.07. The zero-order valence-electron chi connectivity index (χ0n) is 9.92. The fourth-order valence-electron chi connectivity index (χ4n) is 1.12. The second-order valence-electron chi connectivity index (χ2n) is 3.36. The van der Waals surface area contributed by atoms with Gasteiger partial charge in [0.1, 0.15) is 0 Å². The third-order valence-corrected chi connectivity index (χ3v) is 1.81. The average molecular weight is 260 g/mol. The van der Waals surface area contributed by atoms with E-state index in [9.17, 15) is 19.2 Å². The van der Waals surface area contributed by atoms with Crippen LogP contribution in [0.25, 0.3) is 0 Å². The molecule has 1 atom stereocenters. The summed E-state index contributed by atoms with van der Waals surface area (Å²) < 4.78 is 4.54. The van der Waals surface area contributed by atoms with Crippen molar-refractivity contribution < 1.29 is 23.9 Å². The summed E-state index contributed by atoms with van der Waals surface area (Å²) in [5, 5.41) is 0. The van der Waals surface area contributed by atoms with Gasteiger partial charge in [0.25, 0.3) is 5.91 Å². The molecule has 0 fully saturated rings. The van der Waals surface area contributed by atoms with Gasteiger partial charge in [-0.25, -0.2) is 4.79 Å². The summed E-state index contributed by atoms with van der Waals surface area (Å²) in [4.78, 5) is 45.1. The molecule has 0 saturated carbocycles. The number of esters is 1. The summed E-state index contributed by atoms with van der Waals surface area (Å²) in [6.07, 6.45) is 0. The molecule has 0 aliphatic carbocycles. The van der Waals surface area contributed by atoms with Gasteiger partial charge in [0.15, 0.2) is 6.04 Å². The third kappa shape index (κ3) is 5.25. The Morgan fingerprint density at radius 3 is 1.89 bits per heavy atom. The minimum Gasteiger partial charge on any atom is -0.464 e. The number of hydrogen-bond donors (Lipinski definition) is 3. The summed E-state index contributed by atoms with van der Waals surface area (Å²) >= 11 is 0. The lowest BCUT2D eigenvalue weighted by molar-refractivity contribution is -0.152. The highest BCUT2D eigenvalue weighted by Crippen LogP contribution is 1.96. The van der Waals surface area contributed by atoms with E-state index in [2.05, 4.69) is 4.74 Å². The molecule has 0 heterocycles. The van der Waals surface area contributed by atoms with Crippen molar-refractivity contribution in [2.75, 3.05) is 19.7 Å². The van der Waals surface area contributed by atoms with Crippen LogP contribution in [0.2, 0.25) is 0 Å². The Hall–Kier alpha value is -2.16. The topological polar surface area (TPSA) is 159 Å². The summed E-state index contributed by atoms with van der Waals surface area (Å²) in [6, 6.07) is -1.62. The molecule has 0 bridgehead atoms. The average Bonchev–Trinajstić information content (AvgIpc) is 2.25. The SMILES string of the molecule is CCOC(=O)C(N)C(=O)N(CC(N)=O)CC(N)=O. The van der Waals surface area contributed by atoms with E-state index < -0.39 is 42.8 Å². The second kappa shape index (κ2) is 7.22. The van der Waals surface area contributed by atoms with Crippen LogP contribution >= 0.6 is 0 Å². The fraction of sp³-hybridized carbons (Fsp3) is 0.556. The van der Waals surface area contributed by atoms with Crippen molar-refractivity contribution in [2.45, 2.75) is 13.0 Å². The monoisotopic (exact) mass is 260 g/mol. The number of carbonyl (C=O) groups excluding carboxylic acids is 4. The Kier molecular flexibility index (Phi) is 6.35. The fourth-order valence-corrected chi connectivity index (χ4v) is 1.12. The van der Waals surface area contributed by atoms with Crippen molar-refractivity contribution in [3.63, 3.8) is 0 Å². The molecule has 9 nitrogen and oxygen atoms in total. The first-order chi connectivity index (χ1) is 8.29. The van der Waals surface area contributed by atoms with Gasteiger partial charge in [-0.3, -0.25) is 14.4 Å². The predicted octanol–water partition coefficient (Wildman–Crippen LogP) is -3.32. The molecule has 9 heteroatoms. The van der Waals surface area contributed by atoms with E-state index in [1.54, 1.807) is 6.92 Å². The summed E-state index contributed by atoms with van der Waals surface area (Å²) in [6.45, 7) is 0.467. The van der Waals surface area contributed by atoms with Crippen LogP contribution in [0.5, 0.6) is 0 Å². The Labute approximate surface area is 103 Å². The molecular formula is C9H16N4O5. The molecule has 102 valence electrons. The molecule has 6 N–H and O–H groups in total. The van der Waals surface area contributed by atoms with Gasteiger partial charge in [-0.1, -0.05) is 0 Å². The van der Waals surface area contributed by atoms with Crippen LogP contribution in [-0.2, 0) is 23.9 Å². The molecule has 3 amide bonds. The van der Waals surface area contributed by atoms with Gasteiger partial charge in [-0.05, 0) is 6.92 Å². The largest absolute Gasteiger partial charge is 0.464 e. The lowest BCUT2D eigenvalue weighted by Crippen LogP contribution is -2.53. The van der Waals surface area contributed by atoms with E-state index in [1.165, 1.54) is 0 Å². The molecule has 18 heavy (non-hydrogen) atoms. The van der Waals surface area contributed by atoms with Crippen LogP contribution in [0.15, 0.2) is 0 Å². The molecule has 0 aromatic carbocycles. The van der Waals surface area contributed by atoms with E-state index in [1.807, 2.05) is 0 Å². The van der Waals surface area contributed by atoms with Crippen molar-refractivity contribution in [2.24, 2.45) is 17.2 Å². The maximum absolute atomic E-state index is 11.7. The molecule has 0 radical (unpaired) electrons. The smallest absolute Gasteiger partial charge is 0.332 e. The normalized spacial score (nSPS) is 11.4. The number of primary amides is 2. The van der Waals surface area contributed by atoms with Crippen LogP contribution in [0.3, 0.4) is 0 Å². The van der Waals surface area contributed by atoms with E-state index in [4.69, 9.17) is 17.2 Å². The Balaban J connectivity index is 4.77. The van der Waals surface area contributed by atoms with Gasteiger partial charge in [0.05, 0.1) is 19.7 Å². The molecule has 0 rings (SSSR count).